The van der Waals surface area contributed by atoms with E-state index in [2.05, 4.69) is 47.2 Å². The molecule has 5 rings (SSSR count). The third-order valence-corrected chi connectivity index (χ3v) is 7.51. The van der Waals surface area contributed by atoms with Crippen molar-refractivity contribution in [3.05, 3.63) is 76.9 Å². The van der Waals surface area contributed by atoms with E-state index in [4.69, 9.17) is 9.47 Å². The molecule has 0 spiro atoms. The second-order valence-corrected chi connectivity index (χ2v) is 9.99. The minimum Gasteiger partial charge on any atom is -0.454 e. The molecule has 1 fully saturated rings. The Morgan fingerprint density at radius 3 is 2.60 bits per heavy atom. The summed E-state index contributed by atoms with van der Waals surface area (Å²) in [5.74, 6) is 2.07. The molecule has 3 heterocycles. The van der Waals surface area contributed by atoms with Gasteiger partial charge in [-0.3, -0.25) is 14.5 Å². The lowest BCUT2D eigenvalue weighted by atomic mass is 9.84. The quantitative estimate of drug-likeness (QED) is 0.475. The second-order valence-electron chi connectivity index (χ2n) is 9.99. The Hall–Kier alpha value is -2.90. The number of rotatable bonds is 8. The predicted octanol–water partition coefficient (Wildman–Crippen LogP) is 4.55. The molecule has 3 aromatic rings. The van der Waals surface area contributed by atoms with E-state index in [0.717, 1.165) is 68.2 Å². The van der Waals surface area contributed by atoms with E-state index in [-0.39, 0.29) is 11.9 Å². The van der Waals surface area contributed by atoms with E-state index in [9.17, 15) is 4.39 Å². The molecule has 1 aromatic heterocycles. The number of likely N-dealkylation sites (tertiary alicyclic amines) is 1. The first-order valence-corrected chi connectivity index (χ1v) is 12.5. The lowest BCUT2D eigenvalue weighted by Crippen LogP contribution is -2.45. The minimum absolute atomic E-state index is 0.108. The van der Waals surface area contributed by atoms with E-state index >= 15 is 0 Å². The highest BCUT2D eigenvalue weighted by Crippen LogP contribution is 2.34. The summed E-state index contributed by atoms with van der Waals surface area (Å²) in [5, 5.41) is 4.51. The van der Waals surface area contributed by atoms with Gasteiger partial charge in [0.15, 0.2) is 11.5 Å². The van der Waals surface area contributed by atoms with Crippen molar-refractivity contribution in [1.29, 1.82) is 0 Å². The SMILES string of the molecule is Cc1nn(C)cc1CN(C)[C@H](Cc1ccccc1F)C1CCN(Cc2ccc3c(c2)OCO3)CC1. The molecular weight excluding hydrogens is 443 g/mol. The molecule has 186 valence electrons. The first-order valence-electron chi connectivity index (χ1n) is 12.5. The monoisotopic (exact) mass is 478 g/mol. The fraction of sp³-hybridized carbons (Fsp3) is 0.464. The standard InChI is InChI=1S/C28H35FN4O2/c1-20-24(18-32(3)30-20)17-31(2)26(15-23-6-4-5-7-25(23)29)22-10-12-33(13-11-22)16-21-8-9-27-28(14-21)35-19-34-27/h4-9,14,18,22,26H,10-13,15-17,19H2,1-3H3/t26-/m1/s1. The lowest BCUT2D eigenvalue weighted by Gasteiger charge is -2.40. The van der Waals surface area contributed by atoms with Gasteiger partial charge in [-0.2, -0.15) is 5.10 Å². The van der Waals surface area contributed by atoms with Crippen LogP contribution in [-0.2, 0) is 26.6 Å². The first kappa shape index (κ1) is 23.8. The molecule has 2 aliphatic heterocycles. The molecule has 0 aliphatic carbocycles. The van der Waals surface area contributed by atoms with Crippen molar-refractivity contribution in [1.82, 2.24) is 19.6 Å². The predicted molar refractivity (Wildman–Crippen MR) is 134 cm³/mol. The van der Waals surface area contributed by atoms with Gasteiger partial charge in [-0.05, 0) is 81.6 Å². The van der Waals surface area contributed by atoms with Gasteiger partial charge in [0.25, 0.3) is 0 Å². The summed E-state index contributed by atoms with van der Waals surface area (Å²) in [5.41, 5.74) is 4.34. The van der Waals surface area contributed by atoms with Crippen molar-refractivity contribution in [2.75, 3.05) is 26.9 Å². The molecule has 7 heteroatoms. The van der Waals surface area contributed by atoms with Gasteiger partial charge in [0, 0.05) is 37.9 Å². The molecule has 35 heavy (non-hydrogen) atoms. The Morgan fingerprint density at radius 2 is 1.86 bits per heavy atom. The van der Waals surface area contributed by atoms with Crippen LogP contribution >= 0.6 is 0 Å². The maximum atomic E-state index is 14.6. The summed E-state index contributed by atoms with van der Waals surface area (Å²) in [4.78, 5) is 4.92. The summed E-state index contributed by atoms with van der Waals surface area (Å²) in [6.07, 6.45) is 5.01. The van der Waals surface area contributed by atoms with Crippen LogP contribution in [0.1, 0.15) is 35.2 Å². The fourth-order valence-electron chi connectivity index (χ4n) is 5.55. The van der Waals surface area contributed by atoms with Crippen LogP contribution in [0.15, 0.2) is 48.7 Å². The van der Waals surface area contributed by atoms with E-state index in [1.54, 1.807) is 12.1 Å². The molecule has 2 aromatic carbocycles. The molecular formula is C28H35FN4O2. The number of aryl methyl sites for hydroxylation is 2. The van der Waals surface area contributed by atoms with E-state index in [1.165, 1.54) is 11.1 Å². The molecule has 2 aliphatic rings. The third kappa shape index (κ3) is 5.52. The highest BCUT2D eigenvalue weighted by Gasteiger charge is 2.30. The van der Waals surface area contributed by atoms with E-state index < -0.39 is 0 Å². The summed E-state index contributed by atoms with van der Waals surface area (Å²) < 4.78 is 27.5. The number of aromatic nitrogens is 2. The molecule has 1 saturated heterocycles. The third-order valence-electron chi connectivity index (χ3n) is 7.51. The molecule has 0 radical (unpaired) electrons. The second kappa shape index (κ2) is 10.4. The van der Waals surface area contributed by atoms with Gasteiger partial charge < -0.3 is 9.47 Å². The van der Waals surface area contributed by atoms with Crippen LogP contribution in [0.5, 0.6) is 11.5 Å². The van der Waals surface area contributed by atoms with Crippen molar-refractivity contribution >= 4 is 0 Å². The Balaban J connectivity index is 1.26. The molecule has 0 N–H and O–H groups in total. The number of piperidine rings is 1. The van der Waals surface area contributed by atoms with Gasteiger partial charge >= 0.3 is 0 Å². The van der Waals surface area contributed by atoms with Crippen LogP contribution < -0.4 is 9.47 Å². The lowest BCUT2D eigenvalue weighted by molar-refractivity contribution is 0.0948. The van der Waals surface area contributed by atoms with Crippen LogP contribution in [0.3, 0.4) is 0 Å². The highest BCUT2D eigenvalue weighted by molar-refractivity contribution is 5.44. The zero-order valence-electron chi connectivity index (χ0n) is 20.9. The topological polar surface area (TPSA) is 42.8 Å². The molecule has 0 amide bonds. The minimum atomic E-state index is -0.108. The van der Waals surface area contributed by atoms with Gasteiger partial charge in [0.1, 0.15) is 5.82 Å². The molecule has 0 unspecified atom stereocenters. The number of ether oxygens (including phenoxy) is 2. The van der Waals surface area contributed by atoms with Crippen molar-refractivity contribution in [2.45, 2.75) is 45.3 Å². The van der Waals surface area contributed by atoms with Gasteiger partial charge in [-0.1, -0.05) is 24.3 Å². The average Bonchev–Trinajstić information content (AvgIpc) is 3.44. The number of fused-ring (bicyclic) bond motifs is 1. The zero-order chi connectivity index (χ0) is 24.4. The number of hydrogen-bond acceptors (Lipinski definition) is 5. The van der Waals surface area contributed by atoms with E-state index in [0.29, 0.717) is 12.7 Å². The van der Waals surface area contributed by atoms with Crippen LogP contribution in [0.4, 0.5) is 4.39 Å². The molecule has 0 saturated carbocycles. The van der Waals surface area contributed by atoms with Crippen molar-refractivity contribution in [2.24, 2.45) is 13.0 Å². The largest absolute Gasteiger partial charge is 0.454 e. The van der Waals surface area contributed by atoms with Crippen molar-refractivity contribution in [3.63, 3.8) is 0 Å². The first-order chi connectivity index (χ1) is 17.0. The van der Waals surface area contributed by atoms with Crippen LogP contribution in [0.25, 0.3) is 0 Å². The zero-order valence-corrected chi connectivity index (χ0v) is 20.9. The van der Waals surface area contributed by atoms with Gasteiger partial charge in [-0.25, -0.2) is 4.39 Å². The van der Waals surface area contributed by atoms with Gasteiger partial charge in [0.05, 0.1) is 5.69 Å². The van der Waals surface area contributed by atoms with Crippen molar-refractivity contribution in [3.8, 4) is 11.5 Å². The maximum absolute atomic E-state index is 14.6. The van der Waals surface area contributed by atoms with Crippen LogP contribution in [-0.4, -0.2) is 52.6 Å². The summed E-state index contributed by atoms with van der Waals surface area (Å²) >= 11 is 0. The molecule has 1 atom stereocenters. The summed E-state index contributed by atoms with van der Waals surface area (Å²) in [6.45, 7) is 6.16. The molecule has 0 bridgehead atoms. The number of benzene rings is 2. The number of halogens is 1. The molecule has 6 nitrogen and oxygen atoms in total. The van der Waals surface area contributed by atoms with Gasteiger partial charge in [-0.15, -0.1) is 0 Å². The smallest absolute Gasteiger partial charge is 0.231 e. The highest BCUT2D eigenvalue weighted by atomic mass is 19.1. The van der Waals surface area contributed by atoms with Crippen LogP contribution in [0, 0.1) is 18.7 Å². The summed E-state index contributed by atoms with van der Waals surface area (Å²) in [6, 6.07) is 13.7. The number of nitrogens with zero attached hydrogens (tertiary/aromatic N) is 4. The summed E-state index contributed by atoms with van der Waals surface area (Å²) in [7, 11) is 4.14. The average molecular weight is 479 g/mol. The van der Waals surface area contributed by atoms with Gasteiger partial charge in [0.2, 0.25) is 6.79 Å². The van der Waals surface area contributed by atoms with E-state index in [1.807, 2.05) is 29.9 Å². The Kier molecular flexibility index (Phi) is 7.07. The normalized spacial score (nSPS) is 17.3. The Bertz CT molecular complexity index is 1160. The number of likely N-dealkylation sites (N-methyl/N-ethyl adjacent to an activating group) is 1. The van der Waals surface area contributed by atoms with Crippen molar-refractivity contribution < 1.29 is 13.9 Å². The fourth-order valence-corrected chi connectivity index (χ4v) is 5.55. The number of hydrogen-bond donors (Lipinski definition) is 0. The Labute approximate surface area is 207 Å². The maximum Gasteiger partial charge on any atom is 0.231 e. The van der Waals surface area contributed by atoms with Crippen LogP contribution in [0.2, 0.25) is 0 Å². The Morgan fingerprint density at radius 1 is 1.09 bits per heavy atom.